The second-order valence-corrected chi connectivity index (χ2v) is 4.35. The van der Waals surface area contributed by atoms with E-state index in [1.807, 2.05) is 29.6 Å². The molecule has 1 unspecified atom stereocenters. The maximum atomic E-state index is 10.8. The maximum Gasteiger partial charge on any atom is 0.317 e. The first-order valence-electron chi connectivity index (χ1n) is 5.55. The Morgan fingerprint density at radius 3 is 2.88 bits per heavy atom. The molecule has 0 spiro atoms. The molecular formula is C11H17N3O2. The standard InChI is InChI=1S/C11H17N3O2/c1-8(10-5-6-12-13(10)2)14(7-11(15)16)9-3-4-9/h5-6,8-9H,3-4,7H2,1-2H3,(H,15,16). The van der Waals surface area contributed by atoms with Crippen LogP contribution in [-0.4, -0.2) is 38.3 Å². The number of carboxylic acids is 1. The lowest BCUT2D eigenvalue weighted by atomic mass is 10.2. The summed E-state index contributed by atoms with van der Waals surface area (Å²) in [7, 11) is 1.89. The van der Waals surface area contributed by atoms with Gasteiger partial charge in [0.2, 0.25) is 0 Å². The number of aromatic nitrogens is 2. The minimum Gasteiger partial charge on any atom is -0.480 e. The van der Waals surface area contributed by atoms with Crippen molar-refractivity contribution in [2.75, 3.05) is 6.54 Å². The highest BCUT2D eigenvalue weighted by Crippen LogP contribution is 2.33. The Balaban J connectivity index is 2.13. The first kappa shape index (κ1) is 11.1. The van der Waals surface area contributed by atoms with Gasteiger partial charge in [0.1, 0.15) is 0 Å². The van der Waals surface area contributed by atoms with Gasteiger partial charge >= 0.3 is 5.97 Å². The van der Waals surface area contributed by atoms with Gasteiger partial charge in [0.05, 0.1) is 12.2 Å². The second kappa shape index (κ2) is 4.25. The maximum absolute atomic E-state index is 10.8. The van der Waals surface area contributed by atoms with Crippen molar-refractivity contribution in [3.05, 3.63) is 18.0 Å². The molecule has 0 radical (unpaired) electrons. The number of aliphatic carboxylic acids is 1. The molecule has 1 fully saturated rings. The van der Waals surface area contributed by atoms with E-state index in [2.05, 4.69) is 5.10 Å². The molecule has 1 heterocycles. The fourth-order valence-electron chi connectivity index (χ4n) is 2.11. The Kier molecular flexibility index (Phi) is 2.96. The zero-order valence-corrected chi connectivity index (χ0v) is 9.63. The van der Waals surface area contributed by atoms with Gasteiger partial charge < -0.3 is 5.11 Å². The summed E-state index contributed by atoms with van der Waals surface area (Å²) in [5.41, 5.74) is 1.06. The molecule has 0 bridgehead atoms. The van der Waals surface area contributed by atoms with Crippen LogP contribution in [0.3, 0.4) is 0 Å². The number of rotatable bonds is 5. The molecule has 1 aromatic rings. The highest BCUT2D eigenvalue weighted by molar-refractivity contribution is 5.69. The van der Waals surface area contributed by atoms with Gasteiger partial charge in [-0.15, -0.1) is 0 Å². The van der Waals surface area contributed by atoms with E-state index in [-0.39, 0.29) is 12.6 Å². The zero-order chi connectivity index (χ0) is 11.7. The predicted molar refractivity (Wildman–Crippen MR) is 59.0 cm³/mol. The van der Waals surface area contributed by atoms with Gasteiger partial charge in [-0.3, -0.25) is 14.4 Å². The minimum atomic E-state index is -0.763. The lowest BCUT2D eigenvalue weighted by molar-refractivity contribution is -0.139. The summed E-state index contributed by atoms with van der Waals surface area (Å²) in [6.07, 6.45) is 3.96. The molecule has 16 heavy (non-hydrogen) atoms. The number of nitrogens with zero attached hydrogens (tertiary/aromatic N) is 3. The van der Waals surface area contributed by atoms with E-state index in [4.69, 9.17) is 5.11 Å². The van der Waals surface area contributed by atoms with Crippen molar-refractivity contribution in [1.82, 2.24) is 14.7 Å². The monoisotopic (exact) mass is 223 g/mol. The third kappa shape index (κ3) is 2.24. The van der Waals surface area contributed by atoms with E-state index in [0.29, 0.717) is 6.04 Å². The molecular weight excluding hydrogens is 206 g/mol. The van der Waals surface area contributed by atoms with Gasteiger partial charge in [0.15, 0.2) is 0 Å². The molecule has 0 amide bonds. The molecule has 2 rings (SSSR count). The van der Waals surface area contributed by atoms with Gasteiger partial charge in [-0.2, -0.15) is 5.10 Å². The fourth-order valence-corrected chi connectivity index (χ4v) is 2.11. The van der Waals surface area contributed by atoms with E-state index in [1.165, 1.54) is 0 Å². The lowest BCUT2D eigenvalue weighted by Gasteiger charge is -2.27. The summed E-state index contributed by atoms with van der Waals surface area (Å²) < 4.78 is 1.81. The second-order valence-electron chi connectivity index (χ2n) is 4.35. The van der Waals surface area contributed by atoms with Crippen LogP contribution in [0, 0.1) is 0 Å². The van der Waals surface area contributed by atoms with Crippen molar-refractivity contribution >= 4 is 5.97 Å². The fraction of sp³-hybridized carbons (Fsp3) is 0.636. The predicted octanol–water partition coefficient (Wildman–Crippen LogP) is 1.03. The zero-order valence-electron chi connectivity index (χ0n) is 9.63. The van der Waals surface area contributed by atoms with Crippen molar-refractivity contribution in [2.24, 2.45) is 7.05 Å². The van der Waals surface area contributed by atoms with E-state index in [1.54, 1.807) is 6.20 Å². The van der Waals surface area contributed by atoms with Gasteiger partial charge in [0, 0.05) is 25.3 Å². The summed E-state index contributed by atoms with van der Waals surface area (Å²) in [5.74, 6) is -0.763. The number of hydrogen-bond donors (Lipinski definition) is 1. The highest BCUT2D eigenvalue weighted by atomic mass is 16.4. The number of aryl methyl sites for hydroxylation is 1. The Hall–Kier alpha value is -1.36. The Bertz CT molecular complexity index is 384. The van der Waals surface area contributed by atoms with Crippen LogP contribution in [0.4, 0.5) is 0 Å². The number of hydrogen-bond acceptors (Lipinski definition) is 3. The number of carbonyl (C=O) groups is 1. The summed E-state index contributed by atoms with van der Waals surface area (Å²) in [6.45, 7) is 2.15. The van der Waals surface area contributed by atoms with Gasteiger partial charge in [0.25, 0.3) is 0 Å². The van der Waals surface area contributed by atoms with Crippen molar-refractivity contribution in [2.45, 2.75) is 31.8 Å². The van der Waals surface area contributed by atoms with E-state index < -0.39 is 5.97 Å². The molecule has 5 heteroatoms. The quantitative estimate of drug-likeness (QED) is 0.810. The topological polar surface area (TPSA) is 58.4 Å². The smallest absolute Gasteiger partial charge is 0.317 e. The van der Waals surface area contributed by atoms with Crippen LogP contribution in [0.25, 0.3) is 0 Å². The average Bonchev–Trinajstić information content (AvgIpc) is 2.97. The largest absolute Gasteiger partial charge is 0.480 e. The summed E-state index contributed by atoms with van der Waals surface area (Å²) in [5, 5.41) is 13.0. The summed E-state index contributed by atoms with van der Waals surface area (Å²) in [4.78, 5) is 12.9. The molecule has 1 aliphatic carbocycles. The van der Waals surface area contributed by atoms with Crippen LogP contribution < -0.4 is 0 Å². The van der Waals surface area contributed by atoms with Crippen molar-refractivity contribution < 1.29 is 9.90 Å². The van der Waals surface area contributed by atoms with Crippen molar-refractivity contribution in [3.63, 3.8) is 0 Å². The third-order valence-corrected chi connectivity index (χ3v) is 3.12. The molecule has 1 aliphatic rings. The van der Waals surface area contributed by atoms with Crippen LogP contribution >= 0.6 is 0 Å². The van der Waals surface area contributed by atoms with Crippen LogP contribution in [-0.2, 0) is 11.8 Å². The normalized spacial score (nSPS) is 17.7. The Morgan fingerprint density at radius 1 is 1.75 bits per heavy atom. The average molecular weight is 223 g/mol. The van der Waals surface area contributed by atoms with Crippen molar-refractivity contribution in [1.29, 1.82) is 0 Å². The molecule has 0 saturated heterocycles. The molecule has 0 aliphatic heterocycles. The van der Waals surface area contributed by atoms with Gasteiger partial charge in [-0.1, -0.05) is 0 Å². The van der Waals surface area contributed by atoms with Crippen LogP contribution in [0.5, 0.6) is 0 Å². The molecule has 1 N–H and O–H groups in total. The van der Waals surface area contributed by atoms with Gasteiger partial charge in [-0.25, -0.2) is 0 Å². The molecule has 0 aromatic carbocycles. The molecule has 1 saturated carbocycles. The Morgan fingerprint density at radius 2 is 2.44 bits per heavy atom. The first-order chi connectivity index (χ1) is 7.59. The minimum absolute atomic E-state index is 0.107. The molecule has 1 aromatic heterocycles. The van der Waals surface area contributed by atoms with Crippen molar-refractivity contribution in [3.8, 4) is 0 Å². The van der Waals surface area contributed by atoms with Crippen LogP contribution in [0.2, 0.25) is 0 Å². The Labute approximate surface area is 94.7 Å². The SMILES string of the molecule is CC(c1ccnn1C)N(CC(=O)O)C1CC1. The highest BCUT2D eigenvalue weighted by Gasteiger charge is 2.34. The number of carboxylic acid groups (broad SMARTS) is 1. The summed E-state index contributed by atoms with van der Waals surface area (Å²) >= 11 is 0. The third-order valence-electron chi connectivity index (χ3n) is 3.12. The van der Waals surface area contributed by atoms with E-state index >= 15 is 0 Å². The first-order valence-corrected chi connectivity index (χ1v) is 5.55. The van der Waals surface area contributed by atoms with Crippen LogP contribution in [0.15, 0.2) is 12.3 Å². The van der Waals surface area contributed by atoms with Crippen LogP contribution in [0.1, 0.15) is 31.5 Å². The van der Waals surface area contributed by atoms with E-state index in [0.717, 1.165) is 18.5 Å². The molecule has 1 atom stereocenters. The molecule has 5 nitrogen and oxygen atoms in total. The van der Waals surface area contributed by atoms with Gasteiger partial charge in [-0.05, 0) is 25.8 Å². The lowest BCUT2D eigenvalue weighted by Crippen LogP contribution is -2.35. The summed E-state index contributed by atoms with van der Waals surface area (Å²) in [6, 6.07) is 2.49. The molecule has 88 valence electrons. The van der Waals surface area contributed by atoms with E-state index in [9.17, 15) is 4.79 Å².